The summed E-state index contributed by atoms with van der Waals surface area (Å²) in [6, 6.07) is -0.160. The topological polar surface area (TPSA) is 42.7 Å². The SMILES string of the molecule is [C-]#[N+]CC(C)NC(=O)OC(C)(C)C. The number of hydrogen-bond donors (Lipinski definition) is 1. The first kappa shape index (κ1) is 11.8. The summed E-state index contributed by atoms with van der Waals surface area (Å²) in [5.74, 6) is 0. The predicted octanol–water partition coefficient (Wildman–Crippen LogP) is 1.82. The van der Waals surface area contributed by atoms with Crippen molar-refractivity contribution in [1.82, 2.24) is 5.32 Å². The third-order valence-corrected chi connectivity index (χ3v) is 1.13. The molecule has 0 aromatic heterocycles. The Labute approximate surface area is 79.1 Å². The van der Waals surface area contributed by atoms with Gasteiger partial charge < -0.3 is 14.9 Å². The molecule has 0 spiro atoms. The van der Waals surface area contributed by atoms with E-state index >= 15 is 0 Å². The molecule has 13 heavy (non-hydrogen) atoms. The molecule has 74 valence electrons. The molecule has 0 aliphatic carbocycles. The van der Waals surface area contributed by atoms with Crippen molar-refractivity contribution in [2.45, 2.75) is 39.3 Å². The minimum absolute atomic E-state index is 0.160. The van der Waals surface area contributed by atoms with Gasteiger partial charge in [0.05, 0.1) is 0 Å². The third-order valence-electron chi connectivity index (χ3n) is 1.13. The second-order valence-corrected chi connectivity index (χ2v) is 3.89. The number of nitrogens with zero attached hydrogens (tertiary/aromatic N) is 1. The first-order valence-electron chi connectivity index (χ1n) is 4.18. The van der Waals surface area contributed by atoms with Crippen molar-refractivity contribution in [2.24, 2.45) is 0 Å². The number of carbonyl (C=O) groups excluding carboxylic acids is 1. The van der Waals surface area contributed by atoms with Crippen LogP contribution in [0.4, 0.5) is 4.79 Å². The predicted molar refractivity (Wildman–Crippen MR) is 50.3 cm³/mol. The van der Waals surface area contributed by atoms with E-state index in [4.69, 9.17) is 11.3 Å². The Balaban J connectivity index is 3.83. The average Bonchev–Trinajstić information content (AvgIpc) is 1.81. The molecular weight excluding hydrogens is 168 g/mol. The number of nitrogens with one attached hydrogen (secondary N) is 1. The fraction of sp³-hybridized carbons (Fsp3) is 0.778. The van der Waals surface area contributed by atoms with Crippen molar-refractivity contribution >= 4 is 6.09 Å². The highest BCUT2D eigenvalue weighted by Gasteiger charge is 2.18. The average molecular weight is 184 g/mol. The Kier molecular flexibility index (Phi) is 4.26. The normalized spacial score (nSPS) is 12.8. The van der Waals surface area contributed by atoms with E-state index in [1.54, 1.807) is 27.7 Å². The summed E-state index contributed by atoms with van der Waals surface area (Å²) in [7, 11) is 0. The van der Waals surface area contributed by atoms with E-state index in [0.717, 1.165) is 0 Å². The molecule has 1 unspecified atom stereocenters. The molecule has 0 aromatic rings. The lowest BCUT2D eigenvalue weighted by Crippen LogP contribution is -2.38. The molecule has 0 saturated carbocycles. The minimum atomic E-state index is -0.484. The quantitative estimate of drug-likeness (QED) is 0.665. The van der Waals surface area contributed by atoms with E-state index in [-0.39, 0.29) is 12.6 Å². The van der Waals surface area contributed by atoms with Crippen molar-refractivity contribution in [3.8, 4) is 0 Å². The summed E-state index contributed by atoms with van der Waals surface area (Å²) in [6.45, 7) is 14.0. The van der Waals surface area contributed by atoms with Crippen molar-refractivity contribution in [3.63, 3.8) is 0 Å². The van der Waals surface area contributed by atoms with Gasteiger partial charge in [-0.3, -0.25) is 0 Å². The largest absolute Gasteiger partial charge is 0.444 e. The Hall–Kier alpha value is -1.24. The van der Waals surface area contributed by atoms with Crippen LogP contribution in [0.1, 0.15) is 27.7 Å². The minimum Gasteiger partial charge on any atom is -0.444 e. The molecule has 1 amide bonds. The monoisotopic (exact) mass is 184 g/mol. The summed E-state index contributed by atoms with van der Waals surface area (Å²) >= 11 is 0. The van der Waals surface area contributed by atoms with Crippen LogP contribution in [0.2, 0.25) is 0 Å². The zero-order valence-electron chi connectivity index (χ0n) is 8.55. The van der Waals surface area contributed by atoms with Crippen LogP contribution in [0.3, 0.4) is 0 Å². The Morgan fingerprint density at radius 1 is 1.62 bits per heavy atom. The summed E-state index contributed by atoms with van der Waals surface area (Å²) in [5, 5.41) is 2.56. The lowest BCUT2D eigenvalue weighted by molar-refractivity contribution is 0.0512. The zero-order chi connectivity index (χ0) is 10.5. The second-order valence-electron chi connectivity index (χ2n) is 3.89. The summed E-state index contributed by atoms with van der Waals surface area (Å²) in [4.78, 5) is 14.3. The van der Waals surface area contributed by atoms with Gasteiger partial charge in [-0.25, -0.2) is 11.4 Å². The smallest absolute Gasteiger partial charge is 0.408 e. The van der Waals surface area contributed by atoms with Gasteiger partial charge in [-0.15, -0.1) is 0 Å². The highest BCUT2D eigenvalue weighted by Crippen LogP contribution is 2.06. The van der Waals surface area contributed by atoms with Gasteiger partial charge in [0.25, 0.3) is 0 Å². The van der Waals surface area contributed by atoms with Crippen LogP contribution in [-0.4, -0.2) is 24.3 Å². The maximum Gasteiger partial charge on any atom is 0.408 e. The maximum atomic E-state index is 11.1. The molecule has 0 aliphatic rings. The summed E-state index contributed by atoms with van der Waals surface area (Å²) in [6.07, 6.45) is -0.469. The Morgan fingerprint density at radius 3 is 2.54 bits per heavy atom. The lowest BCUT2D eigenvalue weighted by atomic mass is 10.2. The van der Waals surface area contributed by atoms with Crippen LogP contribution in [0.25, 0.3) is 4.85 Å². The molecule has 1 N–H and O–H groups in total. The van der Waals surface area contributed by atoms with Gasteiger partial charge in [0.15, 0.2) is 0 Å². The van der Waals surface area contributed by atoms with Gasteiger partial charge in [0.2, 0.25) is 6.54 Å². The van der Waals surface area contributed by atoms with E-state index < -0.39 is 11.7 Å². The molecule has 4 nitrogen and oxygen atoms in total. The number of alkyl carbamates (subject to hydrolysis) is 1. The highest BCUT2D eigenvalue weighted by molar-refractivity contribution is 5.68. The Morgan fingerprint density at radius 2 is 2.15 bits per heavy atom. The van der Waals surface area contributed by atoms with Gasteiger partial charge in [-0.05, 0) is 27.7 Å². The van der Waals surface area contributed by atoms with E-state index in [9.17, 15) is 4.79 Å². The lowest BCUT2D eigenvalue weighted by Gasteiger charge is -2.20. The van der Waals surface area contributed by atoms with Gasteiger partial charge >= 0.3 is 6.09 Å². The van der Waals surface area contributed by atoms with Gasteiger partial charge in [0.1, 0.15) is 11.6 Å². The molecule has 0 bridgehead atoms. The molecular formula is C9H16N2O2. The van der Waals surface area contributed by atoms with Crippen molar-refractivity contribution < 1.29 is 9.53 Å². The second kappa shape index (κ2) is 4.70. The van der Waals surface area contributed by atoms with Crippen LogP contribution in [0.15, 0.2) is 0 Å². The molecule has 1 atom stereocenters. The molecule has 0 fully saturated rings. The maximum absolute atomic E-state index is 11.1. The number of rotatable bonds is 2. The van der Waals surface area contributed by atoms with Crippen LogP contribution in [-0.2, 0) is 4.74 Å². The third kappa shape index (κ3) is 7.13. The van der Waals surface area contributed by atoms with E-state index in [0.29, 0.717) is 0 Å². The fourth-order valence-corrected chi connectivity index (χ4v) is 0.691. The van der Waals surface area contributed by atoms with Crippen LogP contribution in [0, 0.1) is 6.57 Å². The summed E-state index contributed by atoms with van der Waals surface area (Å²) < 4.78 is 5.00. The van der Waals surface area contributed by atoms with Crippen LogP contribution < -0.4 is 5.32 Å². The zero-order valence-corrected chi connectivity index (χ0v) is 8.55. The van der Waals surface area contributed by atoms with Gasteiger partial charge in [0, 0.05) is 0 Å². The molecule has 0 rings (SSSR count). The number of amides is 1. The van der Waals surface area contributed by atoms with E-state index in [2.05, 4.69) is 10.2 Å². The van der Waals surface area contributed by atoms with Crippen molar-refractivity contribution in [3.05, 3.63) is 11.4 Å². The first-order valence-corrected chi connectivity index (χ1v) is 4.18. The van der Waals surface area contributed by atoms with Crippen LogP contribution in [0.5, 0.6) is 0 Å². The molecule has 4 heteroatoms. The van der Waals surface area contributed by atoms with Crippen molar-refractivity contribution in [2.75, 3.05) is 6.54 Å². The molecule has 0 radical (unpaired) electrons. The fourth-order valence-electron chi connectivity index (χ4n) is 0.691. The van der Waals surface area contributed by atoms with Crippen molar-refractivity contribution in [1.29, 1.82) is 0 Å². The molecule has 0 heterocycles. The summed E-state index contributed by atoms with van der Waals surface area (Å²) in [5.41, 5.74) is -0.484. The molecule has 0 aromatic carbocycles. The standard InChI is InChI=1S/C9H16N2O2/c1-7(6-10-5)11-8(12)13-9(2,3)4/h7H,6H2,1-4H3,(H,11,12). The first-order chi connectivity index (χ1) is 5.85. The van der Waals surface area contributed by atoms with E-state index in [1.165, 1.54) is 0 Å². The van der Waals surface area contributed by atoms with Gasteiger partial charge in [-0.1, -0.05) is 0 Å². The van der Waals surface area contributed by atoms with E-state index in [1.807, 2.05) is 0 Å². The number of carbonyl (C=O) groups is 1. The van der Waals surface area contributed by atoms with Gasteiger partial charge in [-0.2, -0.15) is 0 Å². The van der Waals surface area contributed by atoms with Crippen LogP contribution >= 0.6 is 0 Å². The number of hydrogen-bond acceptors (Lipinski definition) is 2. The Bertz CT molecular complexity index is 213. The molecule has 0 saturated heterocycles. The number of ether oxygens (including phenoxy) is 1. The highest BCUT2D eigenvalue weighted by atomic mass is 16.6. The molecule has 0 aliphatic heterocycles.